The zero-order valence-corrected chi connectivity index (χ0v) is 14.7. The standard InChI is InChI=1S/C18H29N5O/c1-21-13-16(11-19-21)22-9-5-15(12-22)20-17(24)23-10-8-18(14-23)6-3-2-4-7-18/h11,13,15H,2-10,12,14H2,1H3,(H,20,24)/t15-/m1/s1. The fourth-order valence-electron chi connectivity index (χ4n) is 4.77. The molecule has 2 saturated heterocycles. The van der Waals surface area contributed by atoms with E-state index in [0.717, 1.165) is 38.3 Å². The number of hydrogen-bond acceptors (Lipinski definition) is 3. The molecule has 132 valence electrons. The number of likely N-dealkylation sites (tertiary alicyclic amines) is 1. The van der Waals surface area contributed by atoms with Crippen LogP contribution in [-0.2, 0) is 7.05 Å². The van der Waals surface area contributed by atoms with Gasteiger partial charge in [-0.15, -0.1) is 0 Å². The van der Waals surface area contributed by atoms with Crippen LogP contribution in [0.4, 0.5) is 10.5 Å². The maximum atomic E-state index is 12.7. The molecule has 6 heteroatoms. The molecule has 2 aliphatic heterocycles. The van der Waals surface area contributed by atoms with Gasteiger partial charge in [-0.3, -0.25) is 4.68 Å². The minimum absolute atomic E-state index is 0.149. The van der Waals surface area contributed by atoms with E-state index in [-0.39, 0.29) is 12.1 Å². The van der Waals surface area contributed by atoms with E-state index in [2.05, 4.69) is 20.2 Å². The quantitative estimate of drug-likeness (QED) is 0.905. The van der Waals surface area contributed by atoms with Crippen LogP contribution in [0.15, 0.2) is 12.4 Å². The Morgan fingerprint density at radius 1 is 1.25 bits per heavy atom. The van der Waals surface area contributed by atoms with E-state index >= 15 is 0 Å². The molecule has 0 unspecified atom stereocenters. The zero-order valence-electron chi connectivity index (χ0n) is 14.7. The van der Waals surface area contributed by atoms with Gasteiger partial charge in [0.2, 0.25) is 0 Å². The van der Waals surface area contributed by atoms with Crippen LogP contribution in [0.5, 0.6) is 0 Å². The smallest absolute Gasteiger partial charge is 0.317 e. The number of nitrogens with one attached hydrogen (secondary N) is 1. The summed E-state index contributed by atoms with van der Waals surface area (Å²) in [5, 5.41) is 7.51. The third-order valence-corrected chi connectivity index (χ3v) is 6.21. The van der Waals surface area contributed by atoms with Crippen molar-refractivity contribution in [2.45, 2.75) is 51.0 Å². The summed E-state index contributed by atoms with van der Waals surface area (Å²) in [6.45, 7) is 3.78. The van der Waals surface area contributed by atoms with Crippen molar-refractivity contribution < 1.29 is 4.79 Å². The third-order valence-electron chi connectivity index (χ3n) is 6.21. The van der Waals surface area contributed by atoms with Crippen LogP contribution < -0.4 is 10.2 Å². The Hall–Kier alpha value is -1.72. The van der Waals surface area contributed by atoms with Gasteiger partial charge in [0.1, 0.15) is 0 Å². The van der Waals surface area contributed by atoms with Gasteiger partial charge >= 0.3 is 6.03 Å². The molecule has 24 heavy (non-hydrogen) atoms. The summed E-state index contributed by atoms with van der Waals surface area (Å²) in [5.74, 6) is 0. The summed E-state index contributed by atoms with van der Waals surface area (Å²) in [4.78, 5) is 17.0. The van der Waals surface area contributed by atoms with E-state index in [4.69, 9.17) is 0 Å². The first-order valence-corrected chi connectivity index (χ1v) is 9.43. The number of carbonyl (C=O) groups excluding carboxylic acids is 1. The minimum Gasteiger partial charge on any atom is -0.367 e. The van der Waals surface area contributed by atoms with Gasteiger partial charge in [0.15, 0.2) is 0 Å². The molecule has 1 saturated carbocycles. The molecule has 0 radical (unpaired) electrons. The average molecular weight is 331 g/mol. The molecule has 3 fully saturated rings. The number of aromatic nitrogens is 2. The van der Waals surface area contributed by atoms with Gasteiger partial charge in [-0.1, -0.05) is 19.3 Å². The number of anilines is 1. The van der Waals surface area contributed by atoms with Crippen LogP contribution in [0, 0.1) is 5.41 Å². The van der Waals surface area contributed by atoms with Gasteiger partial charge in [-0.2, -0.15) is 5.10 Å². The highest BCUT2D eigenvalue weighted by atomic mass is 16.2. The Bertz CT molecular complexity index is 592. The summed E-state index contributed by atoms with van der Waals surface area (Å²) in [6, 6.07) is 0.399. The molecule has 3 aliphatic rings. The topological polar surface area (TPSA) is 53.4 Å². The zero-order chi connectivity index (χ0) is 16.6. The molecule has 1 aliphatic carbocycles. The summed E-state index contributed by atoms with van der Waals surface area (Å²) < 4.78 is 1.83. The Morgan fingerprint density at radius 3 is 2.83 bits per heavy atom. The van der Waals surface area contributed by atoms with E-state index < -0.39 is 0 Å². The van der Waals surface area contributed by atoms with Crippen LogP contribution in [-0.4, -0.2) is 52.9 Å². The van der Waals surface area contributed by atoms with Gasteiger partial charge in [-0.05, 0) is 31.1 Å². The van der Waals surface area contributed by atoms with Crippen LogP contribution in [0.3, 0.4) is 0 Å². The molecule has 1 spiro atoms. The Labute approximate surface area is 144 Å². The molecular weight excluding hydrogens is 302 g/mol. The van der Waals surface area contributed by atoms with Gasteiger partial charge in [0, 0.05) is 45.5 Å². The van der Waals surface area contributed by atoms with E-state index in [1.165, 1.54) is 38.5 Å². The molecule has 1 N–H and O–H groups in total. The molecule has 4 rings (SSSR count). The molecule has 2 amide bonds. The highest BCUT2D eigenvalue weighted by Crippen LogP contribution is 2.43. The first-order chi connectivity index (χ1) is 11.6. The van der Waals surface area contributed by atoms with Crippen molar-refractivity contribution >= 4 is 11.7 Å². The molecule has 3 heterocycles. The maximum absolute atomic E-state index is 12.7. The summed E-state index contributed by atoms with van der Waals surface area (Å²) >= 11 is 0. The summed E-state index contributed by atoms with van der Waals surface area (Å²) in [7, 11) is 1.94. The number of aryl methyl sites for hydroxylation is 1. The molecule has 1 atom stereocenters. The van der Waals surface area contributed by atoms with Crippen LogP contribution >= 0.6 is 0 Å². The molecule has 0 bridgehead atoms. The normalized spacial score (nSPS) is 26.3. The molecule has 6 nitrogen and oxygen atoms in total. The second-order valence-electron chi connectivity index (χ2n) is 7.99. The molecular formula is C18H29N5O. The second-order valence-corrected chi connectivity index (χ2v) is 7.99. The van der Waals surface area contributed by atoms with E-state index in [9.17, 15) is 4.79 Å². The monoisotopic (exact) mass is 331 g/mol. The Morgan fingerprint density at radius 2 is 2.08 bits per heavy atom. The van der Waals surface area contributed by atoms with Crippen molar-refractivity contribution in [2.75, 3.05) is 31.1 Å². The van der Waals surface area contributed by atoms with Crippen LogP contribution in [0.25, 0.3) is 0 Å². The van der Waals surface area contributed by atoms with Gasteiger partial charge in [0.05, 0.1) is 11.9 Å². The van der Waals surface area contributed by atoms with E-state index in [0.29, 0.717) is 5.41 Å². The lowest BCUT2D eigenvalue weighted by atomic mass is 9.73. The summed E-state index contributed by atoms with van der Waals surface area (Å²) in [5.41, 5.74) is 1.59. The largest absolute Gasteiger partial charge is 0.367 e. The maximum Gasteiger partial charge on any atom is 0.317 e. The van der Waals surface area contributed by atoms with Gasteiger partial charge in [-0.25, -0.2) is 4.79 Å². The fraction of sp³-hybridized carbons (Fsp3) is 0.778. The number of nitrogens with zero attached hydrogens (tertiary/aromatic N) is 4. The lowest BCUT2D eigenvalue weighted by Gasteiger charge is -2.33. The van der Waals surface area contributed by atoms with Gasteiger partial charge in [0.25, 0.3) is 0 Å². The predicted octanol–water partition coefficient (Wildman–Crippen LogP) is 2.36. The highest BCUT2D eigenvalue weighted by Gasteiger charge is 2.41. The van der Waals surface area contributed by atoms with E-state index in [1.54, 1.807) is 0 Å². The number of amides is 2. The molecule has 0 aromatic carbocycles. The lowest BCUT2D eigenvalue weighted by molar-refractivity contribution is 0.175. The SMILES string of the molecule is Cn1cc(N2CC[C@@H](NC(=O)N3CCC4(CCCCC4)C3)C2)cn1. The molecule has 1 aromatic heterocycles. The molecule has 1 aromatic rings. The highest BCUT2D eigenvalue weighted by molar-refractivity contribution is 5.75. The Balaban J connectivity index is 1.29. The Kier molecular flexibility index (Phi) is 4.14. The number of carbonyl (C=O) groups is 1. The lowest BCUT2D eigenvalue weighted by Crippen LogP contribution is -2.45. The second kappa shape index (κ2) is 6.30. The summed E-state index contributed by atoms with van der Waals surface area (Å²) in [6.07, 6.45) is 12.8. The first-order valence-electron chi connectivity index (χ1n) is 9.43. The van der Waals surface area contributed by atoms with Crippen molar-refractivity contribution in [2.24, 2.45) is 12.5 Å². The van der Waals surface area contributed by atoms with Crippen molar-refractivity contribution in [1.82, 2.24) is 20.0 Å². The van der Waals surface area contributed by atoms with Crippen molar-refractivity contribution in [3.63, 3.8) is 0 Å². The van der Waals surface area contributed by atoms with E-state index in [1.807, 2.05) is 24.1 Å². The van der Waals surface area contributed by atoms with Crippen molar-refractivity contribution in [1.29, 1.82) is 0 Å². The van der Waals surface area contributed by atoms with Crippen molar-refractivity contribution in [3.05, 3.63) is 12.4 Å². The average Bonchev–Trinajstić information content (AvgIpc) is 3.29. The fourth-order valence-corrected chi connectivity index (χ4v) is 4.77. The number of hydrogen-bond donors (Lipinski definition) is 1. The van der Waals surface area contributed by atoms with Crippen LogP contribution in [0.1, 0.15) is 44.9 Å². The van der Waals surface area contributed by atoms with Gasteiger partial charge < -0.3 is 15.1 Å². The first kappa shape index (κ1) is 15.8. The number of urea groups is 1. The predicted molar refractivity (Wildman–Crippen MR) is 94.1 cm³/mol. The van der Waals surface area contributed by atoms with Crippen molar-refractivity contribution in [3.8, 4) is 0 Å². The minimum atomic E-state index is 0.149. The third kappa shape index (κ3) is 3.10. The number of rotatable bonds is 2. The van der Waals surface area contributed by atoms with Crippen LogP contribution in [0.2, 0.25) is 0 Å².